The normalized spacial score (nSPS) is 58.1. The van der Waals surface area contributed by atoms with Crippen molar-refractivity contribution in [3.05, 3.63) is 11.6 Å². The van der Waals surface area contributed by atoms with Crippen molar-refractivity contribution >= 4 is 0 Å². The lowest BCUT2D eigenvalue weighted by Crippen LogP contribution is -2.67. The molecular weight excluding hydrogens is 828 g/mol. The van der Waals surface area contributed by atoms with Crippen molar-refractivity contribution in [3.8, 4) is 0 Å². The lowest BCUT2D eigenvalue weighted by atomic mass is 9.47. The number of hydrogen-bond acceptors (Lipinski definition) is 18. The van der Waals surface area contributed by atoms with E-state index in [1.54, 1.807) is 0 Å². The summed E-state index contributed by atoms with van der Waals surface area (Å²) in [6, 6.07) is 0. The van der Waals surface area contributed by atoms with Crippen LogP contribution < -0.4 is 0 Å². The van der Waals surface area contributed by atoms with Gasteiger partial charge >= 0.3 is 0 Å². The van der Waals surface area contributed by atoms with Gasteiger partial charge in [0, 0.05) is 18.3 Å². The Hall–Kier alpha value is -0.980. The molecule has 5 saturated heterocycles. The third kappa shape index (κ3) is 7.71. The van der Waals surface area contributed by atoms with Gasteiger partial charge in [-0.2, -0.15) is 0 Å². The third-order valence-corrected chi connectivity index (χ3v) is 17.8. The molecule has 3 saturated carbocycles. The Balaban J connectivity index is 0.917. The minimum Gasteiger partial charge on any atom is -0.394 e. The van der Waals surface area contributed by atoms with Crippen LogP contribution in [0, 0.1) is 46.3 Å². The van der Waals surface area contributed by atoms with Gasteiger partial charge in [-0.15, -0.1) is 0 Å². The van der Waals surface area contributed by atoms with Crippen LogP contribution >= 0.6 is 0 Å². The molecule has 5 heterocycles. The standard InChI is InChI=1S/C45H72O18/c1-18-8-13-45(63-39(18)55)19(2)29-26(62-45)15-25-23-7-6-21-14-22(9-11-43(21,4)24(23)10-12-44(25,29)5)57-42-38(61-40-34(52)32(50)30(48)20(3)56-40)36(54)37(28(17-47)59-42)60-41-35(53)33(51)31(49)27(16-46)58-41/h6,18-20,22-42,46-55H,7-17H2,1-5H3/t18-,19+,20+,22+,23-,24+,25+,26+,27-,28-,29+,30+,31-,32-,33+,34-,35-,36+,37-,38-,39-,40+,41+,42-,43+,44+,45+/m1/s1. The molecule has 10 N–H and O–H groups in total. The summed E-state index contributed by atoms with van der Waals surface area (Å²) >= 11 is 0. The van der Waals surface area contributed by atoms with E-state index in [-0.39, 0.29) is 28.8 Å². The first-order valence-electron chi connectivity index (χ1n) is 23.5. The van der Waals surface area contributed by atoms with Crippen LogP contribution in [0.5, 0.6) is 0 Å². The summed E-state index contributed by atoms with van der Waals surface area (Å²) in [6.07, 6.45) is -14.0. The lowest BCUT2D eigenvalue weighted by Gasteiger charge is -2.59. The van der Waals surface area contributed by atoms with E-state index < -0.39 is 124 Å². The molecule has 0 aromatic carbocycles. The van der Waals surface area contributed by atoms with Gasteiger partial charge in [0.05, 0.1) is 31.5 Å². The molecule has 0 unspecified atom stereocenters. The summed E-state index contributed by atoms with van der Waals surface area (Å²) < 4.78 is 49.5. The Morgan fingerprint density at radius 2 is 1.32 bits per heavy atom. The van der Waals surface area contributed by atoms with E-state index in [1.807, 2.05) is 6.92 Å². The van der Waals surface area contributed by atoms with Crippen molar-refractivity contribution in [2.45, 2.75) is 209 Å². The van der Waals surface area contributed by atoms with Crippen molar-refractivity contribution < 1.29 is 89.0 Å². The van der Waals surface area contributed by atoms with Gasteiger partial charge in [0.15, 0.2) is 30.9 Å². The quantitative estimate of drug-likeness (QED) is 0.138. The average Bonchev–Trinajstić information content (AvgIpc) is 3.70. The molecule has 0 bridgehead atoms. The van der Waals surface area contributed by atoms with Crippen molar-refractivity contribution in [1.82, 2.24) is 0 Å². The second-order valence-corrected chi connectivity index (χ2v) is 21.1. The highest BCUT2D eigenvalue weighted by Gasteiger charge is 2.69. The molecule has 18 nitrogen and oxygen atoms in total. The van der Waals surface area contributed by atoms with Gasteiger partial charge in [-0.1, -0.05) is 39.3 Å². The predicted molar refractivity (Wildman–Crippen MR) is 215 cm³/mol. The van der Waals surface area contributed by atoms with Crippen LogP contribution in [0.4, 0.5) is 0 Å². The molecule has 4 aliphatic carbocycles. The second kappa shape index (κ2) is 17.5. The maximum absolute atomic E-state index is 12.0. The Morgan fingerprint density at radius 3 is 2.02 bits per heavy atom. The summed E-state index contributed by atoms with van der Waals surface area (Å²) in [6.45, 7) is 9.22. The van der Waals surface area contributed by atoms with Crippen molar-refractivity contribution in [1.29, 1.82) is 0 Å². The zero-order valence-corrected chi connectivity index (χ0v) is 37.0. The molecule has 63 heavy (non-hydrogen) atoms. The Labute approximate surface area is 368 Å². The fraction of sp³-hybridized carbons (Fsp3) is 0.956. The van der Waals surface area contributed by atoms with Crippen LogP contribution in [0.1, 0.15) is 92.4 Å². The number of aliphatic hydroxyl groups is 10. The first-order chi connectivity index (χ1) is 29.8. The molecule has 18 heteroatoms. The Bertz CT molecular complexity index is 1650. The third-order valence-electron chi connectivity index (χ3n) is 17.8. The molecule has 5 aliphatic heterocycles. The first-order valence-corrected chi connectivity index (χ1v) is 23.5. The molecule has 1 spiro atoms. The van der Waals surface area contributed by atoms with Gasteiger partial charge in [0.25, 0.3) is 0 Å². The van der Waals surface area contributed by atoms with Crippen LogP contribution in [0.3, 0.4) is 0 Å². The number of hydrogen-bond donors (Lipinski definition) is 10. The Morgan fingerprint density at radius 1 is 0.651 bits per heavy atom. The summed E-state index contributed by atoms with van der Waals surface area (Å²) in [5.74, 6) is 1.34. The predicted octanol–water partition coefficient (Wildman–Crippen LogP) is -0.467. The largest absolute Gasteiger partial charge is 0.394 e. The monoisotopic (exact) mass is 900 g/mol. The zero-order valence-electron chi connectivity index (χ0n) is 37.0. The molecule has 0 radical (unpaired) electrons. The van der Waals surface area contributed by atoms with Crippen molar-refractivity contribution in [2.75, 3.05) is 13.2 Å². The van der Waals surface area contributed by atoms with E-state index in [9.17, 15) is 51.1 Å². The number of aliphatic hydroxyl groups excluding tert-OH is 10. The smallest absolute Gasteiger partial charge is 0.187 e. The molecule has 8 fully saturated rings. The van der Waals surface area contributed by atoms with Crippen molar-refractivity contribution in [2.24, 2.45) is 46.3 Å². The van der Waals surface area contributed by atoms with Gasteiger partial charge in [0.2, 0.25) is 0 Å². The van der Waals surface area contributed by atoms with Crippen LogP contribution in [-0.2, 0) is 37.9 Å². The van der Waals surface area contributed by atoms with E-state index in [1.165, 1.54) is 12.5 Å². The second-order valence-electron chi connectivity index (χ2n) is 21.1. The van der Waals surface area contributed by atoms with E-state index in [0.717, 1.165) is 44.9 Å². The molecule has 0 aromatic rings. The van der Waals surface area contributed by atoms with Gasteiger partial charge in [0.1, 0.15) is 67.1 Å². The molecule has 0 aromatic heterocycles. The number of allylic oxidation sites excluding steroid dienone is 1. The van der Waals surface area contributed by atoms with Crippen molar-refractivity contribution in [3.63, 3.8) is 0 Å². The van der Waals surface area contributed by atoms with Crippen LogP contribution in [0.25, 0.3) is 0 Å². The van der Waals surface area contributed by atoms with E-state index in [2.05, 4.69) is 26.8 Å². The van der Waals surface area contributed by atoms with Crippen LogP contribution in [-0.4, -0.2) is 181 Å². The van der Waals surface area contributed by atoms with Gasteiger partial charge in [-0.25, -0.2) is 0 Å². The minimum absolute atomic E-state index is 0.0732. The Kier molecular flexibility index (Phi) is 13.1. The van der Waals surface area contributed by atoms with Gasteiger partial charge in [-0.3, -0.25) is 0 Å². The summed E-state index contributed by atoms with van der Waals surface area (Å²) in [7, 11) is 0. The fourth-order valence-electron chi connectivity index (χ4n) is 14.1. The molecule has 27 atom stereocenters. The maximum atomic E-state index is 12.0. The SMILES string of the molecule is C[C@@H]1CC[C@@]2(O[C@H]1O)O[C@H]1C[C@H]3[C@@H]4CC=C5C[C@@H](O[C@@H]6O[C@H](CO)[C@@H](O[C@@H]7O[C@H](CO)[C@@H](O)[C@H](O)[C@H]7O)[C@H](O)[C@H]6O[C@@H]6O[C@@H](C)[C@H](O)[C@@H](O)[C@H]6O)CC[C@]5(C)[C@H]4CC[C@]3(C)[C@H]1[C@@H]2C. The topological polar surface area (TPSA) is 276 Å². The first kappa shape index (κ1) is 47.1. The van der Waals surface area contributed by atoms with E-state index >= 15 is 0 Å². The lowest BCUT2D eigenvalue weighted by molar-refractivity contribution is -0.389. The zero-order chi connectivity index (χ0) is 45.1. The number of fused-ring (bicyclic) bond motifs is 7. The van der Waals surface area contributed by atoms with Gasteiger partial charge < -0.3 is 89.0 Å². The fourth-order valence-corrected chi connectivity index (χ4v) is 14.1. The number of ether oxygens (including phenoxy) is 8. The highest BCUT2D eigenvalue weighted by molar-refractivity contribution is 5.26. The van der Waals surface area contributed by atoms with Crippen LogP contribution in [0.15, 0.2) is 11.6 Å². The molecular formula is C45H72O18. The molecule has 360 valence electrons. The summed E-state index contributed by atoms with van der Waals surface area (Å²) in [4.78, 5) is 0. The maximum Gasteiger partial charge on any atom is 0.187 e. The van der Waals surface area contributed by atoms with E-state index in [0.29, 0.717) is 36.5 Å². The highest BCUT2D eigenvalue weighted by Crippen LogP contribution is 2.71. The van der Waals surface area contributed by atoms with Crippen LogP contribution in [0.2, 0.25) is 0 Å². The number of rotatable bonds is 8. The van der Waals surface area contributed by atoms with Gasteiger partial charge in [-0.05, 0) is 92.8 Å². The molecule has 9 aliphatic rings. The molecule has 0 amide bonds. The summed E-state index contributed by atoms with van der Waals surface area (Å²) in [5.41, 5.74) is 1.32. The molecule has 9 rings (SSSR count). The highest BCUT2D eigenvalue weighted by atomic mass is 16.8. The minimum atomic E-state index is -1.83. The average molecular weight is 901 g/mol. The summed E-state index contributed by atoms with van der Waals surface area (Å²) in [5, 5.41) is 106. The van der Waals surface area contributed by atoms with E-state index in [4.69, 9.17) is 37.9 Å².